The molecule has 0 unspecified atom stereocenters. The van der Waals surface area contributed by atoms with E-state index in [1.165, 1.54) is 0 Å². The number of carbonyl (C=O) groups is 1. The Morgan fingerprint density at radius 3 is 2.84 bits per heavy atom. The average Bonchev–Trinajstić information content (AvgIpc) is 3.42. The van der Waals surface area contributed by atoms with Gasteiger partial charge in [0.25, 0.3) is 5.91 Å². The molecule has 1 atom stereocenters. The van der Waals surface area contributed by atoms with E-state index in [1.54, 1.807) is 53.6 Å². The summed E-state index contributed by atoms with van der Waals surface area (Å²) in [5.74, 6) is 1.45. The molecular weight excluding hydrogens is 442 g/mol. The number of oxazole rings is 1. The second-order valence-electron chi connectivity index (χ2n) is 9.01. The SMILES string of the molecule is CC(C)(C)c1coc(CSc2cnc(N[C@@H]3CCCN(C(=O)c4ccc(N)cc4)C3)s2)n1. The van der Waals surface area contributed by atoms with E-state index >= 15 is 0 Å². The minimum atomic E-state index is -0.0167. The van der Waals surface area contributed by atoms with Crippen LogP contribution in [-0.4, -0.2) is 39.9 Å². The summed E-state index contributed by atoms with van der Waals surface area (Å²) in [4.78, 5) is 23.8. The number of aromatic nitrogens is 2. The molecule has 1 amide bonds. The lowest BCUT2D eigenvalue weighted by Crippen LogP contribution is -2.45. The fourth-order valence-electron chi connectivity index (χ4n) is 3.51. The fraction of sp³-hybridized carbons (Fsp3) is 0.435. The lowest BCUT2D eigenvalue weighted by molar-refractivity contribution is 0.0715. The highest BCUT2D eigenvalue weighted by atomic mass is 32.2. The van der Waals surface area contributed by atoms with Gasteiger partial charge in [-0.2, -0.15) is 0 Å². The summed E-state index contributed by atoms with van der Waals surface area (Å²) in [6.45, 7) is 7.81. The molecule has 0 radical (unpaired) electrons. The number of thioether (sulfide) groups is 1. The molecule has 0 saturated carbocycles. The molecule has 170 valence electrons. The molecule has 0 bridgehead atoms. The highest BCUT2D eigenvalue weighted by Crippen LogP contribution is 2.32. The van der Waals surface area contributed by atoms with Crippen LogP contribution in [0.5, 0.6) is 0 Å². The number of nitrogens with two attached hydrogens (primary N) is 1. The van der Waals surface area contributed by atoms with Crippen molar-refractivity contribution in [2.75, 3.05) is 24.1 Å². The molecule has 3 N–H and O–H groups in total. The molecule has 3 heterocycles. The number of hydrogen-bond donors (Lipinski definition) is 2. The highest BCUT2D eigenvalue weighted by molar-refractivity contribution is 8.00. The lowest BCUT2D eigenvalue weighted by atomic mass is 9.93. The summed E-state index contributed by atoms with van der Waals surface area (Å²) < 4.78 is 6.72. The summed E-state index contributed by atoms with van der Waals surface area (Å²) in [6.07, 6.45) is 5.60. The Kier molecular flexibility index (Phi) is 6.76. The van der Waals surface area contributed by atoms with Crippen molar-refractivity contribution in [3.63, 3.8) is 0 Å². The Labute approximate surface area is 196 Å². The second kappa shape index (κ2) is 9.54. The molecule has 32 heavy (non-hydrogen) atoms. The largest absolute Gasteiger partial charge is 0.448 e. The number of thiazole rings is 1. The Balaban J connectivity index is 1.30. The van der Waals surface area contributed by atoms with Crippen molar-refractivity contribution in [3.8, 4) is 0 Å². The van der Waals surface area contributed by atoms with E-state index in [4.69, 9.17) is 10.2 Å². The van der Waals surface area contributed by atoms with Gasteiger partial charge in [0.05, 0.1) is 21.9 Å². The predicted molar refractivity (Wildman–Crippen MR) is 130 cm³/mol. The number of piperidine rings is 1. The smallest absolute Gasteiger partial charge is 0.253 e. The minimum absolute atomic E-state index is 0.0167. The first kappa shape index (κ1) is 22.7. The maximum atomic E-state index is 12.8. The fourth-order valence-corrected chi connectivity index (χ4v) is 5.31. The first-order valence-electron chi connectivity index (χ1n) is 10.7. The monoisotopic (exact) mass is 471 g/mol. The molecule has 2 aromatic heterocycles. The molecule has 0 spiro atoms. The van der Waals surface area contributed by atoms with Crippen molar-refractivity contribution in [1.29, 1.82) is 0 Å². The molecule has 1 aliphatic rings. The van der Waals surface area contributed by atoms with E-state index in [-0.39, 0.29) is 17.4 Å². The Morgan fingerprint density at radius 1 is 1.34 bits per heavy atom. The highest BCUT2D eigenvalue weighted by Gasteiger charge is 2.25. The number of hydrogen-bond acceptors (Lipinski definition) is 8. The zero-order valence-corrected chi connectivity index (χ0v) is 20.3. The number of likely N-dealkylation sites (tertiary alicyclic amines) is 1. The Bertz CT molecular complexity index is 1060. The van der Waals surface area contributed by atoms with Gasteiger partial charge in [0.2, 0.25) is 5.89 Å². The number of benzene rings is 1. The van der Waals surface area contributed by atoms with Crippen LogP contribution in [0.4, 0.5) is 10.8 Å². The van der Waals surface area contributed by atoms with Crippen LogP contribution in [-0.2, 0) is 11.2 Å². The van der Waals surface area contributed by atoms with Crippen LogP contribution in [0.2, 0.25) is 0 Å². The average molecular weight is 472 g/mol. The van der Waals surface area contributed by atoms with Gasteiger partial charge in [-0.3, -0.25) is 4.79 Å². The van der Waals surface area contributed by atoms with Crippen molar-refractivity contribution < 1.29 is 9.21 Å². The number of nitrogen functional groups attached to an aromatic ring is 1. The first-order chi connectivity index (χ1) is 15.3. The van der Waals surface area contributed by atoms with Crippen LogP contribution >= 0.6 is 23.1 Å². The summed E-state index contributed by atoms with van der Waals surface area (Å²) in [7, 11) is 0. The number of rotatable bonds is 6. The van der Waals surface area contributed by atoms with E-state index < -0.39 is 0 Å². The van der Waals surface area contributed by atoms with Gasteiger partial charge >= 0.3 is 0 Å². The molecule has 1 fully saturated rings. The normalized spacial score (nSPS) is 16.8. The van der Waals surface area contributed by atoms with Crippen LogP contribution < -0.4 is 11.1 Å². The number of anilines is 2. The first-order valence-corrected chi connectivity index (χ1v) is 12.5. The molecule has 4 rings (SSSR count). The van der Waals surface area contributed by atoms with Gasteiger partial charge in [0.15, 0.2) is 5.13 Å². The van der Waals surface area contributed by atoms with Gasteiger partial charge in [-0.25, -0.2) is 9.97 Å². The quantitative estimate of drug-likeness (QED) is 0.385. The van der Waals surface area contributed by atoms with E-state index in [2.05, 4.69) is 36.1 Å². The third-order valence-electron chi connectivity index (χ3n) is 5.34. The third-order valence-corrected chi connectivity index (χ3v) is 7.44. The van der Waals surface area contributed by atoms with E-state index in [0.29, 0.717) is 23.5 Å². The number of amides is 1. The van der Waals surface area contributed by atoms with Crippen LogP contribution in [0, 0.1) is 0 Å². The number of nitrogens with zero attached hydrogens (tertiary/aromatic N) is 3. The van der Waals surface area contributed by atoms with Crippen LogP contribution in [0.3, 0.4) is 0 Å². The topological polar surface area (TPSA) is 97.3 Å². The summed E-state index contributed by atoms with van der Waals surface area (Å²) in [5, 5.41) is 4.39. The van der Waals surface area contributed by atoms with Crippen molar-refractivity contribution >= 4 is 39.8 Å². The van der Waals surface area contributed by atoms with Crippen LogP contribution in [0.25, 0.3) is 0 Å². The van der Waals surface area contributed by atoms with E-state index in [0.717, 1.165) is 40.3 Å². The summed E-state index contributed by atoms with van der Waals surface area (Å²) in [6, 6.07) is 7.30. The van der Waals surface area contributed by atoms with Gasteiger partial charge in [-0.15, -0.1) is 11.8 Å². The maximum Gasteiger partial charge on any atom is 0.253 e. The molecule has 7 nitrogen and oxygen atoms in total. The lowest BCUT2D eigenvalue weighted by Gasteiger charge is -2.33. The van der Waals surface area contributed by atoms with Gasteiger partial charge in [0, 0.05) is 35.8 Å². The van der Waals surface area contributed by atoms with Gasteiger partial charge in [-0.1, -0.05) is 32.1 Å². The minimum Gasteiger partial charge on any atom is -0.448 e. The van der Waals surface area contributed by atoms with Crippen LogP contribution in [0.15, 0.2) is 45.4 Å². The summed E-state index contributed by atoms with van der Waals surface area (Å²) >= 11 is 3.29. The molecule has 1 aliphatic heterocycles. The molecular formula is C23H29N5O2S2. The standard InChI is InChI=1S/C23H29N5O2S2/c1-23(2,3)18-13-30-19(27-18)14-31-20-11-25-22(32-20)26-17-5-4-10-28(12-17)21(29)15-6-8-16(24)9-7-15/h6-9,11,13,17H,4-5,10,12,14,24H2,1-3H3,(H,25,26)/t17-/m1/s1. The molecule has 9 heteroatoms. The van der Waals surface area contributed by atoms with Crippen molar-refractivity contribution in [2.45, 2.75) is 55.0 Å². The van der Waals surface area contributed by atoms with Crippen LogP contribution in [0.1, 0.15) is 55.6 Å². The predicted octanol–water partition coefficient (Wildman–Crippen LogP) is 5.02. The van der Waals surface area contributed by atoms with Crippen molar-refractivity contribution in [3.05, 3.63) is 53.9 Å². The van der Waals surface area contributed by atoms with Gasteiger partial charge < -0.3 is 20.4 Å². The molecule has 0 aliphatic carbocycles. The van der Waals surface area contributed by atoms with Gasteiger partial charge in [-0.05, 0) is 37.1 Å². The molecule has 1 saturated heterocycles. The molecule has 3 aromatic rings. The zero-order valence-electron chi connectivity index (χ0n) is 18.6. The third kappa shape index (κ3) is 5.63. The van der Waals surface area contributed by atoms with Gasteiger partial charge in [0.1, 0.15) is 6.26 Å². The Hall–Kier alpha value is -2.52. The zero-order chi connectivity index (χ0) is 22.7. The van der Waals surface area contributed by atoms with Crippen molar-refractivity contribution in [2.24, 2.45) is 0 Å². The van der Waals surface area contributed by atoms with E-state index in [1.807, 2.05) is 11.1 Å². The van der Waals surface area contributed by atoms with Crippen molar-refractivity contribution in [1.82, 2.24) is 14.9 Å². The second-order valence-corrected chi connectivity index (χ2v) is 11.3. The Morgan fingerprint density at radius 2 is 2.12 bits per heavy atom. The summed E-state index contributed by atoms with van der Waals surface area (Å²) in [5.41, 5.74) is 8.02. The maximum absolute atomic E-state index is 12.8. The van der Waals surface area contributed by atoms with E-state index in [9.17, 15) is 4.79 Å². The number of nitrogens with one attached hydrogen (secondary N) is 1. The number of carbonyl (C=O) groups excluding carboxylic acids is 1. The molecule has 1 aromatic carbocycles.